The summed E-state index contributed by atoms with van der Waals surface area (Å²) in [5.41, 5.74) is -0.225. The highest BCUT2D eigenvalue weighted by atomic mass is 19.1. The molecule has 0 saturated carbocycles. The van der Waals surface area contributed by atoms with Gasteiger partial charge in [-0.05, 0) is 24.6 Å². The highest BCUT2D eigenvalue weighted by Gasteiger charge is 2.20. The minimum absolute atomic E-state index is 0.167. The molecule has 0 saturated heterocycles. The molecule has 0 bridgehead atoms. The van der Waals surface area contributed by atoms with Crippen molar-refractivity contribution in [2.75, 3.05) is 0 Å². The third-order valence-corrected chi connectivity index (χ3v) is 2.35. The largest absolute Gasteiger partial charge is 0.234 e. The van der Waals surface area contributed by atoms with E-state index in [4.69, 9.17) is 0 Å². The summed E-state index contributed by atoms with van der Waals surface area (Å²) in [4.78, 5) is 0. The monoisotopic (exact) mass is 187 g/mol. The van der Waals surface area contributed by atoms with Crippen LogP contribution in [0.4, 0.5) is 4.39 Å². The Hall–Kier alpha value is -1.37. The second-order valence-corrected chi connectivity index (χ2v) is 3.68. The molecule has 0 fully saturated rings. The van der Waals surface area contributed by atoms with E-state index in [2.05, 4.69) is 6.08 Å². The molecule has 0 N–H and O–H groups in total. The molecule has 14 heavy (non-hydrogen) atoms. The van der Waals surface area contributed by atoms with Gasteiger partial charge in [0, 0.05) is 5.92 Å². The molecule has 0 spiro atoms. The Labute approximate surface area is 83.8 Å². The van der Waals surface area contributed by atoms with E-state index in [1.807, 2.05) is 36.4 Å². The van der Waals surface area contributed by atoms with Crippen LogP contribution in [0.15, 0.2) is 48.6 Å². The van der Waals surface area contributed by atoms with Gasteiger partial charge in [-0.3, -0.25) is 0 Å². The van der Waals surface area contributed by atoms with Crippen LogP contribution >= 0.6 is 0 Å². The van der Waals surface area contributed by atoms with Crippen molar-refractivity contribution in [3.05, 3.63) is 60.2 Å². The van der Waals surface area contributed by atoms with Gasteiger partial charge in [-0.2, -0.15) is 0 Å². The smallest absolute Gasteiger partial charge is 0.151 e. The lowest BCUT2D eigenvalue weighted by atomic mass is 9.90. The van der Waals surface area contributed by atoms with Gasteiger partial charge in [-0.25, -0.2) is 4.39 Å². The predicted molar refractivity (Wildman–Crippen MR) is 55.6 cm³/mol. The van der Waals surface area contributed by atoms with Crippen LogP contribution in [0.5, 0.6) is 0 Å². The Bertz CT molecular complexity index is 344. The van der Waals surface area contributed by atoms with Crippen LogP contribution in [0.25, 0.3) is 0 Å². The van der Waals surface area contributed by atoms with E-state index in [0.717, 1.165) is 0 Å². The molecule has 0 aliphatic heterocycles. The molecule has 1 radical (unpaired) electrons. The average molecular weight is 187 g/mol. The molecule has 2 atom stereocenters. The van der Waals surface area contributed by atoms with Crippen LogP contribution < -0.4 is 0 Å². The Morgan fingerprint density at radius 1 is 1.29 bits per heavy atom. The van der Waals surface area contributed by atoms with Crippen molar-refractivity contribution in [2.24, 2.45) is 0 Å². The van der Waals surface area contributed by atoms with Gasteiger partial charge in [0.1, 0.15) is 0 Å². The lowest BCUT2D eigenvalue weighted by Crippen LogP contribution is -2.14. The number of alkyl halides is 1. The molecule has 2 rings (SSSR count). The topological polar surface area (TPSA) is 0 Å². The first kappa shape index (κ1) is 9.20. The fourth-order valence-electron chi connectivity index (χ4n) is 1.52. The lowest BCUT2D eigenvalue weighted by molar-refractivity contribution is 0.313. The summed E-state index contributed by atoms with van der Waals surface area (Å²) >= 11 is 0. The Morgan fingerprint density at radius 2 is 2.00 bits per heavy atom. The summed E-state index contributed by atoms with van der Waals surface area (Å²) in [6.07, 6.45) is 7.96. The minimum atomic E-state index is -1.40. The molecular formula is C13H12F. The van der Waals surface area contributed by atoms with Crippen molar-refractivity contribution in [2.45, 2.75) is 18.5 Å². The van der Waals surface area contributed by atoms with Crippen molar-refractivity contribution in [1.82, 2.24) is 0 Å². The zero-order valence-corrected chi connectivity index (χ0v) is 8.07. The lowest BCUT2D eigenvalue weighted by Gasteiger charge is -2.18. The summed E-state index contributed by atoms with van der Waals surface area (Å²) in [6, 6.07) is 10.0. The van der Waals surface area contributed by atoms with E-state index in [-0.39, 0.29) is 5.92 Å². The Morgan fingerprint density at radius 3 is 2.57 bits per heavy atom. The molecule has 0 heterocycles. The Kier molecular flexibility index (Phi) is 2.24. The van der Waals surface area contributed by atoms with Crippen molar-refractivity contribution in [3.8, 4) is 0 Å². The molecule has 1 heteroatoms. The summed E-state index contributed by atoms with van der Waals surface area (Å²) < 4.78 is 13.3. The zero-order chi connectivity index (χ0) is 10.0. The predicted octanol–water partition coefficient (Wildman–Crippen LogP) is 3.43. The fraction of sp³-hybridized carbons (Fsp3) is 0.231. The number of halogens is 1. The summed E-state index contributed by atoms with van der Waals surface area (Å²) in [7, 11) is 0. The van der Waals surface area contributed by atoms with Gasteiger partial charge in [0.25, 0.3) is 0 Å². The average Bonchev–Trinajstić information content (AvgIpc) is 2.19. The van der Waals surface area contributed by atoms with Crippen LogP contribution in [0.2, 0.25) is 0 Å². The molecule has 1 aliphatic carbocycles. The molecule has 0 nitrogen and oxygen atoms in total. The highest BCUT2D eigenvalue weighted by molar-refractivity contribution is 5.32. The van der Waals surface area contributed by atoms with Gasteiger partial charge in [0.05, 0.1) is 0 Å². The van der Waals surface area contributed by atoms with Crippen molar-refractivity contribution in [1.29, 1.82) is 0 Å². The molecule has 1 aliphatic rings. The highest BCUT2D eigenvalue weighted by Crippen LogP contribution is 2.27. The first-order valence-electron chi connectivity index (χ1n) is 4.72. The second-order valence-electron chi connectivity index (χ2n) is 3.68. The van der Waals surface area contributed by atoms with E-state index in [9.17, 15) is 4.39 Å². The second kappa shape index (κ2) is 3.41. The summed E-state index contributed by atoms with van der Waals surface area (Å²) in [5.74, 6) is 0.167. The summed E-state index contributed by atoms with van der Waals surface area (Å²) in [5, 5.41) is 0. The number of allylic oxidation sites excluding steroid dienone is 4. The molecule has 0 aromatic heterocycles. The van der Waals surface area contributed by atoms with Gasteiger partial charge < -0.3 is 0 Å². The standard InChI is InChI=1S/C13H12F/c1-13(14)9-7-12(8-10-13)11-5-3-2-4-6-11/h2-9,12H,1H3. The van der Waals surface area contributed by atoms with Gasteiger partial charge in [0.15, 0.2) is 5.67 Å². The molecule has 71 valence electrons. The number of rotatable bonds is 1. The van der Waals surface area contributed by atoms with Gasteiger partial charge in [0.2, 0.25) is 0 Å². The van der Waals surface area contributed by atoms with Crippen molar-refractivity contribution in [3.63, 3.8) is 0 Å². The SMILES string of the molecule is CC1(F)[C]=CC(c2ccccc2)C=C1. The Balaban J connectivity index is 2.22. The quantitative estimate of drug-likeness (QED) is 0.591. The molecule has 2 unspecified atom stereocenters. The minimum Gasteiger partial charge on any atom is -0.234 e. The van der Waals surface area contributed by atoms with Crippen LogP contribution in [-0.2, 0) is 0 Å². The molecule has 1 aromatic rings. The van der Waals surface area contributed by atoms with Crippen LogP contribution in [-0.4, -0.2) is 5.67 Å². The van der Waals surface area contributed by atoms with E-state index >= 15 is 0 Å². The number of benzene rings is 1. The van der Waals surface area contributed by atoms with Crippen LogP contribution in [0, 0.1) is 6.08 Å². The number of hydrogen-bond acceptors (Lipinski definition) is 0. The van der Waals surface area contributed by atoms with E-state index in [1.54, 1.807) is 12.2 Å². The first-order valence-corrected chi connectivity index (χ1v) is 4.72. The molecular weight excluding hydrogens is 175 g/mol. The van der Waals surface area contributed by atoms with Crippen molar-refractivity contribution >= 4 is 0 Å². The third kappa shape index (κ3) is 1.92. The van der Waals surface area contributed by atoms with Gasteiger partial charge in [-0.1, -0.05) is 42.5 Å². The first-order chi connectivity index (χ1) is 6.67. The van der Waals surface area contributed by atoms with E-state index in [1.165, 1.54) is 12.5 Å². The zero-order valence-electron chi connectivity index (χ0n) is 8.07. The van der Waals surface area contributed by atoms with Crippen molar-refractivity contribution < 1.29 is 4.39 Å². The molecule has 1 aromatic carbocycles. The van der Waals surface area contributed by atoms with Gasteiger partial charge in [-0.15, -0.1) is 0 Å². The fourth-order valence-corrected chi connectivity index (χ4v) is 1.52. The van der Waals surface area contributed by atoms with E-state index in [0.29, 0.717) is 0 Å². The normalized spacial score (nSPS) is 30.6. The van der Waals surface area contributed by atoms with Crippen LogP contribution in [0.3, 0.4) is 0 Å². The maximum absolute atomic E-state index is 13.3. The van der Waals surface area contributed by atoms with Gasteiger partial charge >= 0.3 is 0 Å². The summed E-state index contributed by atoms with van der Waals surface area (Å²) in [6.45, 7) is 1.50. The number of hydrogen-bond donors (Lipinski definition) is 0. The molecule has 0 amide bonds. The van der Waals surface area contributed by atoms with Crippen LogP contribution in [0.1, 0.15) is 18.4 Å². The maximum Gasteiger partial charge on any atom is 0.151 e. The maximum atomic E-state index is 13.3. The van der Waals surface area contributed by atoms with E-state index < -0.39 is 5.67 Å². The third-order valence-electron chi connectivity index (χ3n) is 2.35.